The predicted molar refractivity (Wildman–Crippen MR) is 67.1 cm³/mol. The maximum atomic E-state index is 12.4. The maximum absolute atomic E-state index is 12.4. The summed E-state index contributed by atoms with van der Waals surface area (Å²) in [5.41, 5.74) is 0. The molecule has 0 saturated carbocycles. The molecule has 18 heavy (non-hydrogen) atoms. The van der Waals surface area contributed by atoms with Crippen LogP contribution < -0.4 is 5.32 Å². The molecule has 2 rings (SSSR count). The van der Waals surface area contributed by atoms with E-state index in [1.807, 2.05) is 11.8 Å². The zero-order valence-electron chi connectivity index (χ0n) is 10.9. The van der Waals surface area contributed by atoms with Crippen LogP contribution in [0.4, 0.5) is 0 Å². The number of carbonyl (C=O) groups is 2. The molecule has 0 aromatic rings. The molecule has 2 aliphatic rings. The van der Waals surface area contributed by atoms with E-state index >= 15 is 0 Å². The number of hydrogen-bond donors (Lipinski definition) is 2. The largest absolute Gasteiger partial charge is 0.481 e. The van der Waals surface area contributed by atoms with Crippen molar-refractivity contribution in [1.82, 2.24) is 10.2 Å². The SMILES string of the molecule is CC1NCCC1C(=O)N1CCCC(CC(=O)O)C1. The molecule has 102 valence electrons. The highest BCUT2D eigenvalue weighted by Crippen LogP contribution is 2.24. The first-order chi connectivity index (χ1) is 8.58. The first-order valence-corrected chi connectivity index (χ1v) is 6.82. The second kappa shape index (κ2) is 5.69. The summed E-state index contributed by atoms with van der Waals surface area (Å²) in [7, 11) is 0. The summed E-state index contributed by atoms with van der Waals surface area (Å²) in [6.45, 7) is 4.37. The van der Waals surface area contributed by atoms with Gasteiger partial charge in [0.15, 0.2) is 0 Å². The van der Waals surface area contributed by atoms with Crippen LogP contribution in [0.1, 0.15) is 32.6 Å². The van der Waals surface area contributed by atoms with E-state index in [0.29, 0.717) is 6.54 Å². The van der Waals surface area contributed by atoms with Gasteiger partial charge in [0.05, 0.1) is 5.92 Å². The number of carboxylic acids is 1. The Morgan fingerprint density at radius 2 is 2.17 bits per heavy atom. The van der Waals surface area contributed by atoms with Crippen LogP contribution in [0.5, 0.6) is 0 Å². The number of likely N-dealkylation sites (tertiary alicyclic amines) is 1. The first kappa shape index (κ1) is 13.3. The Morgan fingerprint density at radius 3 is 2.78 bits per heavy atom. The molecular weight excluding hydrogens is 232 g/mol. The van der Waals surface area contributed by atoms with E-state index in [1.54, 1.807) is 0 Å². The molecule has 0 aromatic carbocycles. The van der Waals surface area contributed by atoms with Crippen LogP contribution in [0.15, 0.2) is 0 Å². The van der Waals surface area contributed by atoms with Gasteiger partial charge in [-0.2, -0.15) is 0 Å². The van der Waals surface area contributed by atoms with E-state index in [0.717, 1.165) is 32.4 Å². The third-order valence-corrected chi connectivity index (χ3v) is 4.14. The van der Waals surface area contributed by atoms with E-state index in [-0.39, 0.29) is 30.2 Å². The zero-order chi connectivity index (χ0) is 13.1. The average molecular weight is 254 g/mol. The minimum Gasteiger partial charge on any atom is -0.481 e. The monoisotopic (exact) mass is 254 g/mol. The molecule has 5 nitrogen and oxygen atoms in total. The highest BCUT2D eigenvalue weighted by molar-refractivity contribution is 5.80. The van der Waals surface area contributed by atoms with Gasteiger partial charge in [-0.15, -0.1) is 0 Å². The quantitative estimate of drug-likeness (QED) is 0.778. The summed E-state index contributed by atoms with van der Waals surface area (Å²) < 4.78 is 0. The molecule has 0 bridgehead atoms. The van der Waals surface area contributed by atoms with Gasteiger partial charge in [-0.25, -0.2) is 0 Å². The fourth-order valence-corrected chi connectivity index (χ4v) is 3.11. The predicted octanol–water partition coefficient (Wildman–Crippen LogP) is 0.698. The van der Waals surface area contributed by atoms with Crippen LogP contribution in [-0.2, 0) is 9.59 Å². The Bertz CT molecular complexity index is 332. The topological polar surface area (TPSA) is 69.6 Å². The molecule has 2 heterocycles. The highest BCUT2D eigenvalue weighted by atomic mass is 16.4. The van der Waals surface area contributed by atoms with Crippen LogP contribution in [0.25, 0.3) is 0 Å². The lowest BCUT2D eigenvalue weighted by Crippen LogP contribution is -2.45. The van der Waals surface area contributed by atoms with Gasteiger partial charge < -0.3 is 15.3 Å². The molecule has 2 N–H and O–H groups in total. The normalized spacial score (nSPS) is 32.5. The summed E-state index contributed by atoms with van der Waals surface area (Å²) in [6, 6.07) is 0.248. The fourth-order valence-electron chi connectivity index (χ4n) is 3.11. The van der Waals surface area contributed by atoms with Crippen molar-refractivity contribution in [2.75, 3.05) is 19.6 Å². The number of nitrogens with zero attached hydrogens (tertiary/aromatic N) is 1. The van der Waals surface area contributed by atoms with Gasteiger partial charge in [-0.3, -0.25) is 9.59 Å². The third kappa shape index (κ3) is 3.02. The van der Waals surface area contributed by atoms with Crippen molar-refractivity contribution in [2.24, 2.45) is 11.8 Å². The Kier molecular flexibility index (Phi) is 4.22. The average Bonchev–Trinajstić information content (AvgIpc) is 2.74. The second-order valence-electron chi connectivity index (χ2n) is 5.53. The van der Waals surface area contributed by atoms with Crippen LogP contribution in [0.2, 0.25) is 0 Å². The van der Waals surface area contributed by atoms with Crippen molar-refractivity contribution in [3.63, 3.8) is 0 Å². The summed E-state index contributed by atoms with van der Waals surface area (Å²) in [5.74, 6) is -0.341. The third-order valence-electron chi connectivity index (χ3n) is 4.14. The van der Waals surface area contributed by atoms with Gasteiger partial charge in [-0.05, 0) is 38.6 Å². The molecule has 3 atom stereocenters. The lowest BCUT2D eigenvalue weighted by atomic mass is 9.92. The van der Waals surface area contributed by atoms with E-state index in [1.165, 1.54) is 0 Å². The van der Waals surface area contributed by atoms with Crippen molar-refractivity contribution in [1.29, 1.82) is 0 Å². The van der Waals surface area contributed by atoms with Gasteiger partial charge in [0.2, 0.25) is 5.91 Å². The van der Waals surface area contributed by atoms with Crippen molar-refractivity contribution >= 4 is 11.9 Å². The number of piperidine rings is 1. The van der Waals surface area contributed by atoms with Gasteiger partial charge in [0.25, 0.3) is 0 Å². The Balaban J connectivity index is 1.91. The van der Waals surface area contributed by atoms with Gasteiger partial charge in [0.1, 0.15) is 0 Å². The molecule has 3 unspecified atom stereocenters. The van der Waals surface area contributed by atoms with Crippen molar-refractivity contribution in [3.8, 4) is 0 Å². The lowest BCUT2D eigenvalue weighted by Gasteiger charge is -2.34. The van der Waals surface area contributed by atoms with Gasteiger partial charge in [-0.1, -0.05) is 0 Å². The number of rotatable bonds is 3. The highest BCUT2D eigenvalue weighted by Gasteiger charge is 2.34. The van der Waals surface area contributed by atoms with E-state index < -0.39 is 5.97 Å². The lowest BCUT2D eigenvalue weighted by molar-refractivity contribution is -0.142. The number of carbonyl (C=O) groups excluding carboxylic acids is 1. The smallest absolute Gasteiger partial charge is 0.303 e. The number of nitrogens with one attached hydrogen (secondary N) is 1. The Labute approximate surface area is 108 Å². The van der Waals surface area contributed by atoms with Gasteiger partial charge >= 0.3 is 5.97 Å². The van der Waals surface area contributed by atoms with Crippen LogP contribution in [0.3, 0.4) is 0 Å². The Hall–Kier alpha value is -1.10. The molecule has 0 aliphatic carbocycles. The van der Waals surface area contributed by atoms with E-state index in [2.05, 4.69) is 5.32 Å². The summed E-state index contributed by atoms with van der Waals surface area (Å²) >= 11 is 0. The maximum Gasteiger partial charge on any atom is 0.303 e. The van der Waals surface area contributed by atoms with Crippen LogP contribution in [0, 0.1) is 11.8 Å². The minimum atomic E-state index is -0.759. The number of carboxylic acid groups (broad SMARTS) is 1. The van der Waals surface area contributed by atoms with Crippen molar-refractivity contribution < 1.29 is 14.7 Å². The summed E-state index contributed by atoms with van der Waals surface area (Å²) in [4.78, 5) is 25.0. The molecule has 0 aromatic heterocycles. The molecule has 2 aliphatic heterocycles. The second-order valence-corrected chi connectivity index (χ2v) is 5.53. The van der Waals surface area contributed by atoms with Gasteiger partial charge in [0, 0.05) is 25.6 Å². The molecule has 1 amide bonds. The standard InChI is InChI=1S/C13H22N2O3/c1-9-11(4-5-14-9)13(18)15-6-2-3-10(8-15)7-12(16)17/h9-11,14H,2-8H2,1H3,(H,16,17). The molecular formula is C13H22N2O3. The summed E-state index contributed by atoms with van der Waals surface area (Å²) in [6.07, 6.45) is 2.94. The minimum absolute atomic E-state index is 0.0774. The van der Waals surface area contributed by atoms with Crippen LogP contribution >= 0.6 is 0 Å². The van der Waals surface area contributed by atoms with Crippen molar-refractivity contribution in [3.05, 3.63) is 0 Å². The zero-order valence-corrected chi connectivity index (χ0v) is 10.9. The first-order valence-electron chi connectivity index (χ1n) is 6.82. The molecule has 5 heteroatoms. The van der Waals surface area contributed by atoms with Crippen LogP contribution in [-0.4, -0.2) is 47.6 Å². The number of aliphatic carboxylic acids is 1. The van der Waals surface area contributed by atoms with E-state index in [4.69, 9.17) is 5.11 Å². The molecule has 0 spiro atoms. The fraction of sp³-hybridized carbons (Fsp3) is 0.846. The van der Waals surface area contributed by atoms with Crippen molar-refractivity contribution in [2.45, 2.75) is 38.6 Å². The number of amides is 1. The van der Waals surface area contributed by atoms with E-state index in [9.17, 15) is 9.59 Å². The Morgan fingerprint density at radius 1 is 1.39 bits per heavy atom. The molecule has 0 radical (unpaired) electrons. The summed E-state index contributed by atoms with van der Waals surface area (Å²) in [5, 5.41) is 12.1. The molecule has 2 fully saturated rings. The number of hydrogen-bond acceptors (Lipinski definition) is 3. The molecule has 2 saturated heterocycles.